The van der Waals surface area contributed by atoms with Crippen LogP contribution in [0.25, 0.3) is 16.9 Å². The van der Waals surface area contributed by atoms with E-state index in [-0.39, 0.29) is 5.82 Å². The normalized spacial score (nSPS) is 10.6. The van der Waals surface area contributed by atoms with Crippen molar-refractivity contribution < 1.29 is 4.39 Å². The highest BCUT2D eigenvalue weighted by atomic mass is 19.1. The van der Waals surface area contributed by atoms with Gasteiger partial charge in [0.1, 0.15) is 5.82 Å². The third-order valence-electron chi connectivity index (χ3n) is 3.35. The van der Waals surface area contributed by atoms with Crippen LogP contribution >= 0.6 is 0 Å². The summed E-state index contributed by atoms with van der Waals surface area (Å²) >= 11 is 0. The maximum Gasteiger partial charge on any atom is 0.123 e. The molecule has 0 aliphatic heterocycles. The standard InChI is InChI=1S/C17H17FN4/c18-14-6-8-15(9-7-14)22-17(13-4-2-1-3-5-13)16(12-21-22)20-11-10-19/h1-9,12,20H,10-11,19H2. The van der Waals surface area contributed by atoms with Gasteiger partial charge in [0, 0.05) is 18.7 Å². The molecule has 112 valence electrons. The first-order chi connectivity index (χ1) is 10.8. The van der Waals surface area contributed by atoms with Gasteiger partial charge in [-0.15, -0.1) is 0 Å². The lowest BCUT2D eigenvalue weighted by Gasteiger charge is -2.11. The van der Waals surface area contributed by atoms with E-state index in [1.807, 2.05) is 30.3 Å². The Hall–Kier alpha value is -2.66. The molecule has 22 heavy (non-hydrogen) atoms. The third-order valence-corrected chi connectivity index (χ3v) is 3.35. The summed E-state index contributed by atoms with van der Waals surface area (Å²) in [5, 5.41) is 7.72. The highest BCUT2D eigenvalue weighted by Crippen LogP contribution is 2.30. The van der Waals surface area contributed by atoms with Crippen LogP contribution in [0.15, 0.2) is 60.8 Å². The van der Waals surface area contributed by atoms with Crippen LogP contribution in [-0.2, 0) is 0 Å². The first-order valence-electron chi connectivity index (χ1n) is 7.13. The van der Waals surface area contributed by atoms with Crippen LogP contribution in [0, 0.1) is 5.82 Å². The molecule has 3 aromatic rings. The van der Waals surface area contributed by atoms with Crippen molar-refractivity contribution in [1.29, 1.82) is 0 Å². The Kier molecular flexibility index (Phi) is 4.16. The number of halogens is 1. The van der Waals surface area contributed by atoms with Gasteiger partial charge in [0.25, 0.3) is 0 Å². The first kappa shape index (κ1) is 14.3. The van der Waals surface area contributed by atoms with Crippen LogP contribution in [0.2, 0.25) is 0 Å². The van der Waals surface area contributed by atoms with Crippen LogP contribution in [0.4, 0.5) is 10.1 Å². The average Bonchev–Trinajstić information content (AvgIpc) is 2.98. The van der Waals surface area contributed by atoms with E-state index < -0.39 is 0 Å². The average molecular weight is 296 g/mol. The van der Waals surface area contributed by atoms with Crippen molar-refractivity contribution in [1.82, 2.24) is 9.78 Å². The molecule has 0 radical (unpaired) electrons. The predicted molar refractivity (Wildman–Crippen MR) is 86.5 cm³/mol. The maximum atomic E-state index is 13.1. The molecule has 0 saturated heterocycles. The summed E-state index contributed by atoms with van der Waals surface area (Å²) in [5.74, 6) is -0.265. The number of nitrogens with zero attached hydrogens (tertiary/aromatic N) is 2. The Bertz CT molecular complexity index is 735. The molecule has 3 N–H and O–H groups in total. The van der Waals surface area contributed by atoms with Gasteiger partial charge in [-0.3, -0.25) is 0 Å². The van der Waals surface area contributed by atoms with E-state index in [1.165, 1.54) is 12.1 Å². The lowest BCUT2D eigenvalue weighted by atomic mass is 10.1. The van der Waals surface area contributed by atoms with Crippen molar-refractivity contribution >= 4 is 5.69 Å². The second kappa shape index (κ2) is 6.41. The largest absolute Gasteiger partial charge is 0.381 e. The Morgan fingerprint density at radius 1 is 1.05 bits per heavy atom. The summed E-state index contributed by atoms with van der Waals surface area (Å²) in [6.45, 7) is 1.20. The quantitative estimate of drug-likeness (QED) is 0.761. The Labute approximate surface area is 128 Å². The molecule has 0 saturated carbocycles. The molecular formula is C17H17FN4. The van der Waals surface area contributed by atoms with Crippen LogP contribution in [-0.4, -0.2) is 22.9 Å². The van der Waals surface area contributed by atoms with E-state index in [1.54, 1.807) is 23.0 Å². The van der Waals surface area contributed by atoms with Gasteiger partial charge in [-0.2, -0.15) is 5.10 Å². The van der Waals surface area contributed by atoms with Crippen molar-refractivity contribution in [3.8, 4) is 16.9 Å². The molecule has 0 bridgehead atoms. The van der Waals surface area contributed by atoms with Crippen LogP contribution in [0.1, 0.15) is 0 Å². The van der Waals surface area contributed by atoms with Crippen molar-refractivity contribution in [3.63, 3.8) is 0 Å². The maximum absolute atomic E-state index is 13.1. The van der Waals surface area contributed by atoms with Gasteiger partial charge in [-0.05, 0) is 24.3 Å². The molecule has 4 nitrogen and oxygen atoms in total. The van der Waals surface area contributed by atoms with Gasteiger partial charge in [-0.25, -0.2) is 9.07 Å². The first-order valence-corrected chi connectivity index (χ1v) is 7.13. The zero-order valence-corrected chi connectivity index (χ0v) is 12.0. The Balaban J connectivity index is 2.10. The van der Waals surface area contributed by atoms with Gasteiger partial charge in [-0.1, -0.05) is 30.3 Å². The minimum absolute atomic E-state index is 0.265. The van der Waals surface area contributed by atoms with Crippen LogP contribution < -0.4 is 11.1 Å². The molecule has 0 aliphatic carbocycles. The zero-order valence-electron chi connectivity index (χ0n) is 12.0. The zero-order chi connectivity index (χ0) is 15.4. The van der Waals surface area contributed by atoms with Crippen molar-refractivity contribution in [2.75, 3.05) is 18.4 Å². The van der Waals surface area contributed by atoms with E-state index >= 15 is 0 Å². The second-order valence-electron chi connectivity index (χ2n) is 4.88. The van der Waals surface area contributed by atoms with Crippen LogP contribution in [0.5, 0.6) is 0 Å². The smallest absolute Gasteiger partial charge is 0.123 e. The minimum Gasteiger partial charge on any atom is -0.381 e. The van der Waals surface area contributed by atoms with E-state index in [4.69, 9.17) is 5.73 Å². The van der Waals surface area contributed by atoms with Crippen molar-refractivity contribution in [3.05, 3.63) is 66.6 Å². The molecule has 0 spiro atoms. The summed E-state index contributed by atoms with van der Waals surface area (Å²) in [5.41, 5.74) is 9.24. The highest BCUT2D eigenvalue weighted by Gasteiger charge is 2.14. The molecule has 3 rings (SSSR count). The molecule has 0 amide bonds. The minimum atomic E-state index is -0.265. The van der Waals surface area contributed by atoms with Gasteiger partial charge in [0.2, 0.25) is 0 Å². The summed E-state index contributed by atoms with van der Waals surface area (Å²) in [6.07, 6.45) is 1.77. The molecule has 1 heterocycles. The summed E-state index contributed by atoms with van der Waals surface area (Å²) in [6, 6.07) is 16.2. The fourth-order valence-corrected chi connectivity index (χ4v) is 2.34. The molecule has 0 fully saturated rings. The molecule has 0 unspecified atom stereocenters. The summed E-state index contributed by atoms with van der Waals surface area (Å²) in [4.78, 5) is 0. The molecule has 0 atom stereocenters. The third kappa shape index (κ3) is 2.84. The van der Waals surface area contributed by atoms with Crippen molar-refractivity contribution in [2.24, 2.45) is 5.73 Å². The predicted octanol–water partition coefficient (Wildman–Crippen LogP) is 3.05. The number of rotatable bonds is 5. The van der Waals surface area contributed by atoms with E-state index in [9.17, 15) is 4.39 Å². The number of benzene rings is 2. The topological polar surface area (TPSA) is 55.9 Å². The number of nitrogens with two attached hydrogens (primary N) is 1. The monoisotopic (exact) mass is 296 g/mol. The highest BCUT2D eigenvalue weighted by molar-refractivity contribution is 5.76. The molecule has 0 aliphatic rings. The molecular weight excluding hydrogens is 279 g/mol. The number of aromatic nitrogens is 2. The second-order valence-corrected chi connectivity index (χ2v) is 4.88. The van der Waals surface area contributed by atoms with E-state index in [0.717, 1.165) is 22.6 Å². The number of hydrogen-bond donors (Lipinski definition) is 2. The van der Waals surface area contributed by atoms with Crippen LogP contribution in [0.3, 0.4) is 0 Å². The fraction of sp³-hybridized carbons (Fsp3) is 0.118. The lowest BCUT2D eigenvalue weighted by Crippen LogP contribution is -2.13. The lowest BCUT2D eigenvalue weighted by molar-refractivity contribution is 0.627. The van der Waals surface area contributed by atoms with Gasteiger partial charge >= 0.3 is 0 Å². The van der Waals surface area contributed by atoms with Crippen molar-refractivity contribution in [2.45, 2.75) is 0 Å². The summed E-state index contributed by atoms with van der Waals surface area (Å²) < 4.78 is 14.9. The molecule has 5 heteroatoms. The Morgan fingerprint density at radius 3 is 2.45 bits per heavy atom. The fourth-order valence-electron chi connectivity index (χ4n) is 2.34. The SMILES string of the molecule is NCCNc1cnn(-c2ccc(F)cc2)c1-c1ccccc1. The number of nitrogens with one attached hydrogen (secondary N) is 1. The van der Waals surface area contributed by atoms with Gasteiger partial charge < -0.3 is 11.1 Å². The molecule has 1 aromatic heterocycles. The molecule has 2 aromatic carbocycles. The number of hydrogen-bond acceptors (Lipinski definition) is 3. The summed E-state index contributed by atoms with van der Waals surface area (Å²) in [7, 11) is 0. The number of anilines is 1. The van der Waals surface area contributed by atoms with Gasteiger partial charge in [0.15, 0.2) is 0 Å². The van der Waals surface area contributed by atoms with Gasteiger partial charge in [0.05, 0.1) is 23.3 Å². The van der Waals surface area contributed by atoms with E-state index in [0.29, 0.717) is 13.1 Å². The Morgan fingerprint density at radius 2 is 1.77 bits per heavy atom. The van der Waals surface area contributed by atoms with E-state index in [2.05, 4.69) is 10.4 Å².